The van der Waals surface area contributed by atoms with E-state index in [4.69, 9.17) is 3.63 Å². The van der Waals surface area contributed by atoms with Crippen molar-refractivity contribution >= 4 is 30.3 Å². The second-order valence-electron chi connectivity index (χ2n) is 10.4. The molecule has 0 aliphatic heterocycles. The highest BCUT2D eigenvalue weighted by Crippen LogP contribution is 2.71. The van der Waals surface area contributed by atoms with Crippen molar-refractivity contribution < 1.29 is 38.0 Å². The third kappa shape index (κ3) is 4.76. The summed E-state index contributed by atoms with van der Waals surface area (Å²) in [6.45, 7) is 0. The summed E-state index contributed by atoms with van der Waals surface area (Å²) < 4.78 is 119. The number of sulfone groups is 1. The van der Waals surface area contributed by atoms with Gasteiger partial charge >= 0.3 is 21.3 Å². The topological polar surface area (TPSA) is 77.5 Å². The van der Waals surface area contributed by atoms with Gasteiger partial charge in [0.2, 0.25) is 0 Å². The van der Waals surface area contributed by atoms with Crippen LogP contribution in [0.1, 0.15) is 25.7 Å². The van der Waals surface area contributed by atoms with Gasteiger partial charge in [-0.15, -0.1) is 0 Å². The Kier molecular flexibility index (Phi) is 7.38. The number of rotatable bonds is 9. The van der Waals surface area contributed by atoms with E-state index in [1.54, 1.807) is 36.4 Å². The lowest BCUT2D eigenvalue weighted by Crippen LogP contribution is -2.53. The van der Waals surface area contributed by atoms with E-state index in [0.29, 0.717) is 19.3 Å². The van der Waals surface area contributed by atoms with Crippen LogP contribution >= 0.6 is 10.3 Å². The lowest BCUT2D eigenvalue weighted by atomic mass is 9.84. The zero-order valence-electron chi connectivity index (χ0n) is 21.4. The van der Waals surface area contributed by atoms with Gasteiger partial charge < -0.3 is 0 Å². The molecule has 0 saturated heterocycles. The van der Waals surface area contributed by atoms with Gasteiger partial charge in [0.25, 0.3) is 0 Å². The SMILES string of the molecule is CS(=O)(=O)c1ccc(S(OS(=O)(=O)C(F)(F)C(F)(F)C2CC3CCC2C3)(c2ccccc2)c2ccccc2)cc1. The Morgan fingerprint density at radius 2 is 1.15 bits per heavy atom. The molecule has 3 aromatic rings. The summed E-state index contributed by atoms with van der Waals surface area (Å²) >= 11 is 0. The first-order valence-electron chi connectivity index (χ1n) is 12.6. The zero-order chi connectivity index (χ0) is 29.0. The lowest BCUT2D eigenvalue weighted by molar-refractivity contribution is -0.202. The van der Waals surface area contributed by atoms with Gasteiger partial charge in [0.05, 0.1) is 4.90 Å². The van der Waals surface area contributed by atoms with Crippen LogP contribution in [-0.2, 0) is 23.6 Å². The molecule has 3 unspecified atom stereocenters. The smallest absolute Gasteiger partial charge is 0.224 e. The molecule has 3 aromatic carbocycles. The second kappa shape index (κ2) is 10.1. The highest BCUT2D eigenvalue weighted by molar-refractivity contribution is 8.33. The maximum Gasteiger partial charge on any atom is 0.432 e. The summed E-state index contributed by atoms with van der Waals surface area (Å²) in [7, 11) is -13.6. The predicted molar refractivity (Wildman–Crippen MR) is 144 cm³/mol. The van der Waals surface area contributed by atoms with Crippen LogP contribution < -0.4 is 0 Å². The molecule has 3 atom stereocenters. The van der Waals surface area contributed by atoms with E-state index in [2.05, 4.69) is 0 Å². The minimum Gasteiger partial charge on any atom is -0.224 e. The van der Waals surface area contributed by atoms with Crippen LogP contribution in [0.5, 0.6) is 0 Å². The van der Waals surface area contributed by atoms with Crippen LogP contribution in [0.2, 0.25) is 0 Å². The first kappa shape index (κ1) is 29.1. The molecule has 0 radical (unpaired) electrons. The Bertz CT molecular complexity index is 1540. The fourth-order valence-electron chi connectivity index (χ4n) is 5.88. The molecule has 5 rings (SSSR count). The third-order valence-electron chi connectivity index (χ3n) is 7.83. The molecule has 0 amide bonds. The molecule has 0 aromatic heterocycles. The predicted octanol–water partition coefficient (Wildman–Crippen LogP) is 7.30. The Balaban J connectivity index is 1.69. The lowest BCUT2D eigenvalue weighted by Gasteiger charge is -2.41. The maximum absolute atomic E-state index is 15.7. The van der Waals surface area contributed by atoms with Crippen LogP contribution in [0.3, 0.4) is 0 Å². The summed E-state index contributed by atoms with van der Waals surface area (Å²) in [6, 6.07) is 20.2. The highest BCUT2D eigenvalue weighted by Gasteiger charge is 2.73. The van der Waals surface area contributed by atoms with Gasteiger partial charge in [0.1, 0.15) is 0 Å². The number of hydrogen-bond donors (Lipinski definition) is 0. The number of fused-ring (bicyclic) bond motifs is 2. The number of benzene rings is 3. The fraction of sp³-hybridized carbons (Fsp3) is 0.357. The summed E-state index contributed by atoms with van der Waals surface area (Å²) in [6.07, 6.45) is 2.23. The van der Waals surface area contributed by atoms with Gasteiger partial charge in [0.15, 0.2) is 9.84 Å². The molecule has 2 aliphatic carbocycles. The van der Waals surface area contributed by atoms with Crippen LogP contribution in [-0.4, -0.2) is 34.3 Å². The van der Waals surface area contributed by atoms with Gasteiger partial charge in [0, 0.05) is 26.9 Å². The first-order chi connectivity index (χ1) is 18.7. The Hall–Kier alpha value is -2.41. The Morgan fingerprint density at radius 3 is 1.57 bits per heavy atom. The molecule has 5 nitrogen and oxygen atoms in total. The minimum atomic E-state index is -6.28. The molecule has 2 fully saturated rings. The van der Waals surface area contributed by atoms with Crippen molar-refractivity contribution in [2.24, 2.45) is 17.8 Å². The molecule has 216 valence electrons. The average molecular weight is 617 g/mol. The summed E-state index contributed by atoms with van der Waals surface area (Å²) in [5.74, 6) is -7.42. The number of halogens is 4. The van der Waals surface area contributed by atoms with Crippen molar-refractivity contribution in [2.75, 3.05) is 6.26 Å². The molecular weight excluding hydrogens is 588 g/mol. The highest BCUT2D eigenvalue weighted by atomic mass is 32.3. The average Bonchev–Trinajstić information content (AvgIpc) is 3.57. The zero-order valence-corrected chi connectivity index (χ0v) is 23.9. The van der Waals surface area contributed by atoms with Crippen LogP contribution in [0, 0.1) is 17.8 Å². The second-order valence-corrected chi connectivity index (χ2v) is 16.9. The van der Waals surface area contributed by atoms with Gasteiger partial charge in [-0.2, -0.15) is 26.0 Å². The molecule has 2 aliphatic rings. The number of hydrogen-bond acceptors (Lipinski definition) is 5. The van der Waals surface area contributed by atoms with E-state index in [9.17, 15) is 16.8 Å². The molecule has 12 heteroatoms. The van der Waals surface area contributed by atoms with Crippen LogP contribution in [0.15, 0.2) is 105 Å². The van der Waals surface area contributed by atoms with Gasteiger partial charge in [-0.05, 0) is 89.9 Å². The monoisotopic (exact) mass is 616 g/mol. The quantitative estimate of drug-likeness (QED) is 0.236. The summed E-state index contributed by atoms with van der Waals surface area (Å²) in [5, 5.41) is -5.52. The Morgan fingerprint density at radius 1 is 0.675 bits per heavy atom. The van der Waals surface area contributed by atoms with E-state index >= 15 is 17.6 Å². The third-order valence-corrected chi connectivity index (χ3v) is 14.2. The van der Waals surface area contributed by atoms with Gasteiger partial charge in [-0.25, -0.2) is 12.0 Å². The molecule has 2 saturated carbocycles. The van der Waals surface area contributed by atoms with E-state index in [1.807, 2.05) is 0 Å². The van der Waals surface area contributed by atoms with Crippen molar-refractivity contribution in [1.82, 2.24) is 0 Å². The molecule has 2 bridgehead atoms. The molecule has 0 spiro atoms. The first-order valence-corrected chi connectivity index (χ1v) is 17.5. The standard InChI is InChI=1S/C28H28F4O5S3/c1-38(33,34)22-14-16-25(17-15-22)39(23-8-4-2-5-9-23,24-10-6-3-7-11-24)37-40(35,36)28(31,32)27(29,30)26-19-20-12-13-21(26)18-20/h2-11,14-17,20-21,26H,12-13,18-19H2,1H3. The van der Waals surface area contributed by atoms with Crippen molar-refractivity contribution in [3.63, 3.8) is 0 Å². The van der Waals surface area contributed by atoms with Crippen LogP contribution in [0.25, 0.3) is 0 Å². The number of alkyl halides is 4. The maximum atomic E-state index is 15.7. The molecule has 0 heterocycles. The molecule has 40 heavy (non-hydrogen) atoms. The largest absolute Gasteiger partial charge is 0.432 e. The van der Waals surface area contributed by atoms with E-state index in [1.165, 1.54) is 48.5 Å². The minimum absolute atomic E-state index is 0.0416. The van der Waals surface area contributed by atoms with Gasteiger partial charge in [-0.3, -0.25) is 0 Å². The fourth-order valence-corrected chi connectivity index (χ4v) is 11.8. The van der Waals surface area contributed by atoms with Crippen molar-refractivity contribution in [1.29, 1.82) is 0 Å². The summed E-state index contributed by atoms with van der Waals surface area (Å²) in [4.78, 5) is 0.244. The Labute approximate surface area is 233 Å². The van der Waals surface area contributed by atoms with Crippen molar-refractivity contribution in [3.8, 4) is 0 Å². The van der Waals surface area contributed by atoms with E-state index < -0.39 is 53.3 Å². The van der Waals surface area contributed by atoms with E-state index in [0.717, 1.165) is 6.26 Å². The van der Waals surface area contributed by atoms with Crippen molar-refractivity contribution in [2.45, 2.75) is 56.4 Å². The van der Waals surface area contributed by atoms with E-state index in [-0.39, 0.29) is 31.9 Å². The molecular formula is C28H28F4O5S3. The van der Waals surface area contributed by atoms with Gasteiger partial charge in [-0.1, -0.05) is 42.8 Å². The molecule has 0 N–H and O–H groups in total. The van der Waals surface area contributed by atoms with Crippen molar-refractivity contribution in [3.05, 3.63) is 84.9 Å². The normalized spacial score (nSPS) is 22.4. The van der Waals surface area contributed by atoms with Crippen LogP contribution in [0.4, 0.5) is 17.6 Å². The summed E-state index contributed by atoms with van der Waals surface area (Å²) in [5.41, 5.74) is 0.